The maximum atomic E-state index is 13.1. The van der Waals surface area contributed by atoms with Crippen molar-refractivity contribution in [2.45, 2.75) is 0 Å². The first-order valence-corrected chi connectivity index (χ1v) is 10.3. The maximum Gasteiger partial charge on any atom is 0.273 e. The fraction of sp³-hybridized carbons (Fsp3) is 0.190. The van der Waals surface area contributed by atoms with Crippen molar-refractivity contribution in [3.63, 3.8) is 0 Å². The Balaban J connectivity index is 1.32. The molecule has 0 unspecified atom stereocenters. The van der Waals surface area contributed by atoms with Gasteiger partial charge in [0.15, 0.2) is 5.13 Å². The van der Waals surface area contributed by atoms with Crippen molar-refractivity contribution in [2.24, 2.45) is 0 Å². The van der Waals surface area contributed by atoms with E-state index < -0.39 is 0 Å². The average Bonchev–Trinajstić information content (AvgIpc) is 3.42. The number of thiazole rings is 1. The molecule has 1 amide bonds. The third kappa shape index (κ3) is 3.77. The van der Waals surface area contributed by atoms with Crippen LogP contribution in [0.4, 0.5) is 15.2 Å². The van der Waals surface area contributed by atoms with Gasteiger partial charge in [-0.2, -0.15) is 5.10 Å². The molecule has 7 nitrogen and oxygen atoms in total. The number of morpholine rings is 1. The fourth-order valence-corrected chi connectivity index (χ4v) is 4.34. The standard InChI is InChI=1S/C21H18FN5O2S/c22-14-3-1-13(2-4-14)17-12-18(26-25-17)20(28)23-15-5-6-16-19(11-15)30-21(24-16)27-7-9-29-10-8-27/h1-6,11-12H,7-10H2,(H,23,28)(H,25,26). The minimum atomic E-state index is -0.317. The van der Waals surface area contributed by atoms with E-state index in [4.69, 9.17) is 9.72 Å². The largest absolute Gasteiger partial charge is 0.378 e. The molecule has 30 heavy (non-hydrogen) atoms. The minimum Gasteiger partial charge on any atom is -0.378 e. The Morgan fingerprint density at radius 1 is 1.13 bits per heavy atom. The van der Waals surface area contributed by atoms with Crippen molar-refractivity contribution in [2.75, 3.05) is 36.5 Å². The molecule has 9 heteroatoms. The van der Waals surface area contributed by atoms with Crippen LogP contribution in [0.5, 0.6) is 0 Å². The third-order valence-electron chi connectivity index (χ3n) is 4.88. The van der Waals surface area contributed by atoms with Crippen LogP contribution in [0.3, 0.4) is 0 Å². The predicted octanol–water partition coefficient (Wildman–Crippen LogP) is 3.91. The van der Waals surface area contributed by atoms with Crippen LogP contribution in [0, 0.1) is 5.82 Å². The quantitative estimate of drug-likeness (QED) is 0.520. The van der Waals surface area contributed by atoms with Gasteiger partial charge in [0.05, 0.1) is 29.1 Å². The van der Waals surface area contributed by atoms with Crippen LogP contribution in [0.2, 0.25) is 0 Å². The van der Waals surface area contributed by atoms with E-state index in [0.29, 0.717) is 30.3 Å². The van der Waals surface area contributed by atoms with Gasteiger partial charge in [-0.15, -0.1) is 0 Å². The predicted molar refractivity (Wildman–Crippen MR) is 115 cm³/mol. The Morgan fingerprint density at radius 3 is 2.73 bits per heavy atom. The molecule has 0 bridgehead atoms. The fourth-order valence-electron chi connectivity index (χ4n) is 3.29. The van der Waals surface area contributed by atoms with Crippen LogP contribution in [0.15, 0.2) is 48.5 Å². The molecule has 152 valence electrons. The van der Waals surface area contributed by atoms with Crippen LogP contribution in [0.25, 0.3) is 21.5 Å². The van der Waals surface area contributed by atoms with Crippen LogP contribution < -0.4 is 10.2 Å². The van der Waals surface area contributed by atoms with E-state index >= 15 is 0 Å². The smallest absolute Gasteiger partial charge is 0.273 e. The summed E-state index contributed by atoms with van der Waals surface area (Å²) in [5.41, 5.74) is 3.22. The number of halogens is 1. The number of carbonyl (C=O) groups is 1. The number of benzene rings is 2. The molecule has 2 N–H and O–H groups in total. The maximum absolute atomic E-state index is 13.1. The monoisotopic (exact) mass is 423 g/mol. The van der Waals surface area contributed by atoms with Crippen LogP contribution in [-0.4, -0.2) is 47.4 Å². The number of hydrogen-bond acceptors (Lipinski definition) is 6. The zero-order valence-corrected chi connectivity index (χ0v) is 16.7. The van der Waals surface area contributed by atoms with Crippen LogP contribution in [-0.2, 0) is 4.74 Å². The Hall–Kier alpha value is -3.30. The number of aromatic nitrogens is 3. The number of aromatic amines is 1. The van der Waals surface area contributed by atoms with Gasteiger partial charge in [0.1, 0.15) is 11.5 Å². The molecular weight excluding hydrogens is 405 g/mol. The lowest BCUT2D eigenvalue weighted by atomic mass is 10.1. The van der Waals surface area contributed by atoms with E-state index in [1.807, 2.05) is 18.2 Å². The summed E-state index contributed by atoms with van der Waals surface area (Å²) in [6.07, 6.45) is 0. The highest BCUT2D eigenvalue weighted by molar-refractivity contribution is 7.22. The lowest BCUT2D eigenvalue weighted by molar-refractivity contribution is 0.102. The molecule has 1 saturated heterocycles. The van der Waals surface area contributed by atoms with Gasteiger partial charge < -0.3 is 15.0 Å². The summed E-state index contributed by atoms with van der Waals surface area (Å²) in [7, 11) is 0. The number of nitrogens with zero attached hydrogens (tertiary/aromatic N) is 3. The second-order valence-electron chi connectivity index (χ2n) is 6.91. The van der Waals surface area contributed by atoms with Crippen molar-refractivity contribution >= 4 is 38.3 Å². The molecule has 0 radical (unpaired) electrons. The minimum absolute atomic E-state index is 0.298. The molecule has 0 saturated carbocycles. The average molecular weight is 423 g/mol. The van der Waals surface area contributed by atoms with Gasteiger partial charge in [-0.05, 0) is 48.5 Å². The number of hydrogen-bond donors (Lipinski definition) is 2. The van der Waals surface area contributed by atoms with E-state index in [2.05, 4.69) is 20.4 Å². The summed E-state index contributed by atoms with van der Waals surface area (Å²) in [6, 6.07) is 13.3. The van der Waals surface area contributed by atoms with Crippen molar-refractivity contribution < 1.29 is 13.9 Å². The van der Waals surface area contributed by atoms with Crippen LogP contribution in [0.1, 0.15) is 10.5 Å². The van der Waals surface area contributed by atoms with E-state index in [9.17, 15) is 9.18 Å². The molecule has 3 heterocycles. The molecule has 2 aromatic heterocycles. The first-order chi connectivity index (χ1) is 14.7. The van der Waals surface area contributed by atoms with E-state index in [-0.39, 0.29) is 11.7 Å². The number of amides is 1. The SMILES string of the molecule is O=C(Nc1ccc2nc(N3CCOCC3)sc2c1)c1cc(-c2ccc(F)cc2)n[nH]1. The first-order valence-electron chi connectivity index (χ1n) is 9.52. The summed E-state index contributed by atoms with van der Waals surface area (Å²) in [4.78, 5) is 19.5. The third-order valence-corrected chi connectivity index (χ3v) is 5.96. The number of nitrogens with one attached hydrogen (secondary N) is 2. The van der Waals surface area contributed by atoms with E-state index in [1.54, 1.807) is 29.5 Å². The van der Waals surface area contributed by atoms with Gasteiger partial charge in [0, 0.05) is 24.3 Å². The van der Waals surface area contributed by atoms with Gasteiger partial charge in [-0.25, -0.2) is 9.37 Å². The van der Waals surface area contributed by atoms with Gasteiger partial charge in [-0.3, -0.25) is 9.89 Å². The van der Waals surface area contributed by atoms with Gasteiger partial charge in [0.2, 0.25) is 0 Å². The summed E-state index contributed by atoms with van der Waals surface area (Å²) in [5.74, 6) is -0.615. The Morgan fingerprint density at radius 2 is 1.93 bits per heavy atom. The molecule has 4 aromatic rings. The Bertz CT molecular complexity index is 1200. The van der Waals surface area contributed by atoms with E-state index in [1.165, 1.54) is 12.1 Å². The molecular formula is C21H18FN5O2S. The number of ether oxygens (including phenoxy) is 1. The molecule has 2 aromatic carbocycles. The number of H-pyrrole nitrogens is 1. The van der Waals surface area contributed by atoms with Crippen molar-refractivity contribution in [3.05, 3.63) is 60.0 Å². The second-order valence-corrected chi connectivity index (χ2v) is 7.92. The molecule has 1 aliphatic rings. The Kier molecular flexibility index (Phi) is 4.89. The van der Waals surface area contributed by atoms with Gasteiger partial charge in [0.25, 0.3) is 5.91 Å². The molecule has 0 aliphatic carbocycles. The number of fused-ring (bicyclic) bond motifs is 1. The second kappa shape index (κ2) is 7.85. The number of anilines is 2. The number of rotatable bonds is 4. The van der Waals surface area contributed by atoms with Crippen molar-refractivity contribution in [1.29, 1.82) is 0 Å². The lowest BCUT2D eigenvalue weighted by Crippen LogP contribution is -2.36. The highest BCUT2D eigenvalue weighted by Gasteiger charge is 2.16. The highest BCUT2D eigenvalue weighted by Crippen LogP contribution is 2.31. The molecule has 0 spiro atoms. The summed E-state index contributed by atoms with van der Waals surface area (Å²) >= 11 is 1.60. The first kappa shape index (κ1) is 18.7. The summed E-state index contributed by atoms with van der Waals surface area (Å²) < 4.78 is 19.5. The summed E-state index contributed by atoms with van der Waals surface area (Å²) in [6.45, 7) is 3.09. The van der Waals surface area contributed by atoms with Crippen molar-refractivity contribution in [3.8, 4) is 11.3 Å². The molecule has 1 fully saturated rings. The zero-order chi connectivity index (χ0) is 20.5. The Labute approximate surface area is 175 Å². The highest BCUT2D eigenvalue weighted by atomic mass is 32.1. The molecule has 1 aliphatic heterocycles. The normalized spacial score (nSPS) is 14.2. The molecule has 5 rings (SSSR count). The number of carbonyl (C=O) groups excluding carboxylic acids is 1. The summed E-state index contributed by atoms with van der Waals surface area (Å²) in [5, 5.41) is 10.7. The van der Waals surface area contributed by atoms with Gasteiger partial charge >= 0.3 is 0 Å². The van der Waals surface area contributed by atoms with Crippen molar-refractivity contribution in [1.82, 2.24) is 15.2 Å². The van der Waals surface area contributed by atoms with Gasteiger partial charge in [-0.1, -0.05) is 11.3 Å². The van der Waals surface area contributed by atoms with Crippen LogP contribution >= 0.6 is 11.3 Å². The zero-order valence-electron chi connectivity index (χ0n) is 15.9. The lowest BCUT2D eigenvalue weighted by Gasteiger charge is -2.25. The van der Waals surface area contributed by atoms with E-state index in [0.717, 1.165) is 34.0 Å². The molecule has 0 atom stereocenters. The topological polar surface area (TPSA) is 83.1 Å².